The number of para-hydroxylation sites is 2. The quantitative estimate of drug-likeness (QED) is 0.395. The molecule has 1 amide bonds. The predicted molar refractivity (Wildman–Crippen MR) is 121 cm³/mol. The van der Waals surface area contributed by atoms with Crippen molar-refractivity contribution in [2.45, 2.75) is 39.3 Å². The van der Waals surface area contributed by atoms with Crippen LogP contribution in [0.2, 0.25) is 0 Å². The van der Waals surface area contributed by atoms with Gasteiger partial charge in [-0.3, -0.25) is 4.79 Å². The van der Waals surface area contributed by atoms with Crippen LogP contribution in [-0.4, -0.2) is 44.7 Å². The summed E-state index contributed by atoms with van der Waals surface area (Å²) in [5.74, 6) is 2.79. The highest BCUT2D eigenvalue weighted by Gasteiger charge is 2.16. The molecular formula is C24H27N5O3. The second-order valence-electron chi connectivity index (χ2n) is 7.60. The topological polar surface area (TPSA) is 86.3 Å². The van der Waals surface area contributed by atoms with Gasteiger partial charge in [0.05, 0.1) is 24.7 Å². The van der Waals surface area contributed by atoms with Gasteiger partial charge in [-0.05, 0) is 49.7 Å². The maximum absolute atomic E-state index is 12.6. The van der Waals surface area contributed by atoms with Crippen molar-refractivity contribution in [3.8, 4) is 17.1 Å². The summed E-state index contributed by atoms with van der Waals surface area (Å²) in [7, 11) is 3.44. The van der Waals surface area contributed by atoms with Crippen molar-refractivity contribution in [1.82, 2.24) is 24.6 Å². The van der Waals surface area contributed by atoms with Crippen molar-refractivity contribution >= 4 is 16.9 Å². The maximum Gasteiger partial charge on any atom is 0.226 e. The smallest absolute Gasteiger partial charge is 0.226 e. The Balaban J connectivity index is 1.31. The Morgan fingerprint density at radius 2 is 1.91 bits per heavy atom. The number of imidazole rings is 1. The van der Waals surface area contributed by atoms with E-state index in [2.05, 4.69) is 27.7 Å². The number of hydrogen-bond acceptors (Lipinski definition) is 6. The summed E-state index contributed by atoms with van der Waals surface area (Å²) in [5, 5.41) is 4.04. The molecule has 2 aromatic heterocycles. The molecule has 8 nitrogen and oxygen atoms in total. The van der Waals surface area contributed by atoms with E-state index in [0.717, 1.165) is 34.7 Å². The molecule has 0 N–H and O–H groups in total. The molecule has 2 aromatic carbocycles. The van der Waals surface area contributed by atoms with Crippen LogP contribution in [0.5, 0.6) is 5.75 Å². The fourth-order valence-electron chi connectivity index (χ4n) is 3.69. The SMILES string of the molecule is CCn1c(CN(C)C(=O)CCCc2nc(-c3ccc(OC)cc3)no2)nc2ccccc21. The number of aromatic nitrogens is 4. The number of amides is 1. The van der Waals surface area contributed by atoms with Crippen LogP contribution in [0.4, 0.5) is 0 Å². The standard InChI is InChI=1S/C24H27N5O3/c1-4-29-20-9-6-5-8-19(20)25-21(29)16-28(2)23(30)11-7-10-22-26-24(27-32-22)17-12-14-18(31-3)15-13-17/h5-6,8-9,12-15H,4,7,10-11,16H2,1-3H3. The zero-order valence-electron chi connectivity index (χ0n) is 18.6. The molecule has 0 aliphatic rings. The Morgan fingerprint density at radius 1 is 1.12 bits per heavy atom. The molecular weight excluding hydrogens is 406 g/mol. The van der Waals surface area contributed by atoms with Crippen LogP contribution in [0.1, 0.15) is 31.5 Å². The molecule has 2 heterocycles. The van der Waals surface area contributed by atoms with E-state index < -0.39 is 0 Å². The summed E-state index contributed by atoms with van der Waals surface area (Å²) < 4.78 is 12.7. The van der Waals surface area contributed by atoms with Crippen LogP contribution in [0.15, 0.2) is 53.1 Å². The van der Waals surface area contributed by atoms with Crippen molar-refractivity contribution in [2.24, 2.45) is 0 Å². The van der Waals surface area contributed by atoms with E-state index in [-0.39, 0.29) is 5.91 Å². The lowest BCUT2D eigenvalue weighted by Crippen LogP contribution is -2.27. The number of benzene rings is 2. The summed E-state index contributed by atoms with van der Waals surface area (Å²) in [5.41, 5.74) is 2.90. The van der Waals surface area contributed by atoms with E-state index in [9.17, 15) is 4.79 Å². The highest BCUT2D eigenvalue weighted by Crippen LogP contribution is 2.20. The molecule has 4 rings (SSSR count). The highest BCUT2D eigenvalue weighted by molar-refractivity contribution is 5.77. The summed E-state index contributed by atoms with van der Waals surface area (Å²) in [6.45, 7) is 3.37. The monoisotopic (exact) mass is 433 g/mol. The van der Waals surface area contributed by atoms with Gasteiger partial charge in [-0.25, -0.2) is 4.98 Å². The normalized spacial score (nSPS) is 11.1. The van der Waals surface area contributed by atoms with Gasteiger partial charge in [0.2, 0.25) is 17.6 Å². The molecule has 0 aliphatic carbocycles. The number of rotatable bonds is 9. The van der Waals surface area contributed by atoms with Gasteiger partial charge in [0.25, 0.3) is 0 Å². The largest absolute Gasteiger partial charge is 0.497 e. The second-order valence-corrected chi connectivity index (χ2v) is 7.60. The molecule has 0 saturated carbocycles. The zero-order valence-corrected chi connectivity index (χ0v) is 18.6. The number of carbonyl (C=O) groups is 1. The number of methoxy groups -OCH3 is 1. The Kier molecular flexibility index (Phi) is 6.49. The first-order valence-corrected chi connectivity index (χ1v) is 10.7. The predicted octanol–water partition coefficient (Wildman–Crippen LogP) is 4.10. The van der Waals surface area contributed by atoms with Crippen LogP contribution in [0.25, 0.3) is 22.4 Å². The number of hydrogen-bond donors (Lipinski definition) is 0. The van der Waals surface area contributed by atoms with Crippen molar-refractivity contribution in [2.75, 3.05) is 14.2 Å². The van der Waals surface area contributed by atoms with Gasteiger partial charge in [-0.1, -0.05) is 17.3 Å². The Bertz CT molecular complexity index is 1200. The molecule has 166 valence electrons. The lowest BCUT2D eigenvalue weighted by Gasteiger charge is -2.17. The third-order valence-electron chi connectivity index (χ3n) is 5.45. The number of aryl methyl sites for hydroxylation is 2. The maximum atomic E-state index is 12.6. The molecule has 0 spiro atoms. The van der Waals surface area contributed by atoms with Crippen molar-refractivity contribution in [1.29, 1.82) is 0 Å². The van der Waals surface area contributed by atoms with Gasteiger partial charge in [-0.15, -0.1) is 0 Å². The molecule has 0 atom stereocenters. The number of nitrogens with zero attached hydrogens (tertiary/aromatic N) is 5. The van der Waals surface area contributed by atoms with Gasteiger partial charge >= 0.3 is 0 Å². The molecule has 8 heteroatoms. The molecule has 0 radical (unpaired) electrons. The Hall–Kier alpha value is -3.68. The summed E-state index contributed by atoms with van der Waals surface area (Å²) in [6.07, 6.45) is 1.59. The summed E-state index contributed by atoms with van der Waals surface area (Å²) in [4.78, 5) is 23.5. The van der Waals surface area contributed by atoms with Gasteiger partial charge in [-0.2, -0.15) is 4.98 Å². The minimum absolute atomic E-state index is 0.0644. The van der Waals surface area contributed by atoms with Crippen molar-refractivity contribution in [3.63, 3.8) is 0 Å². The highest BCUT2D eigenvalue weighted by atomic mass is 16.5. The fourth-order valence-corrected chi connectivity index (χ4v) is 3.69. The zero-order chi connectivity index (χ0) is 22.5. The van der Waals surface area contributed by atoms with Gasteiger partial charge in [0.15, 0.2) is 0 Å². The first-order valence-electron chi connectivity index (χ1n) is 10.7. The van der Waals surface area contributed by atoms with Crippen LogP contribution in [0, 0.1) is 0 Å². The lowest BCUT2D eigenvalue weighted by molar-refractivity contribution is -0.130. The minimum atomic E-state index is 0.0644. The average molecular weight is 434 g/mol. The van der Waals surface area contributed by atoms with E-state index in [1.165, 1.54) is 0 Å². The average Bonchev–Trinajstić information content (AvgIpc) is 3.43. The van der Waals surface area contributed by atoms with E-state index >= 15 is 0 Å². The molecule has 0 saturated heterocycles. The van der Waals surface area contributed by atoms with Crippen molar-refractivity contribution < 1.29 is 14.1 Å². The first kappa shape index (κ1) is 21.5. The molecule has 0 aliphatic heterocycles. The molecule has 0 fully saturated rings. The Labute approximate surface area is 186 Å². The van der Waals surface area contributed by atoms with Crippen LogP contribution < -0.4 is 4.74 Å². The van der Waals surface area contributed by atoms with Gasteiger partial charge < -0.3 is 18.7 Å². The minimum Gasteiger partial charge on any atom is -0.497 e. The number of ether oxygens (including phenoxy) is 1. The van der Waals surface area contributed by atoms with E-state index in [0.29, 0.717) is 37.5 Å². The summed E-state index contributed by atoms with van der Waals surface area (Å²) in [6, 6.07) is 15.5. The fraction of sp³-hybridized carbons (Fsp3) is 0.333. The lowest BCUT2D eigenvalue weighted by atomic mass is 10.2. The molecule has 4 aromatic rings. The van der Waals surface area contributed by atoms with Crippen LogP contribution in [-0.2, 0) is 24.3 Å². The van der Waals surface area contributed by atoms with Crippen LogP contribution >= 0.6 is 0 Å². The third kappa shape index (κ3) is 4.64. The third-order valence-corrected chi connectivity index (χ3v) is 5.45. The molecule has 32 heavy (non-hydrogen) atoms. The van der Waals surface area contributed by atoms with E-state index in [1.807, 2.05) is 49.5 Å². The number of carbonyl (C=O) groups excluding carboxylic acids is 1. The summed E-state index contributed by atoms with van der Waals surface area (Å²) >= 11 is 0. The molecule has 0 unspecified atom stereocenters. The number of fused-ring (bicyclic) bond motifs is 1. The molecule has 0 bridgehead atoms. The first-order chi connectivity index (χ1) is 15.6. The van der Waals surface area contributed by atoms with Crippen molar-refractivity contribution in [3.05, 3.63) is 60.2 Å². The Morgan fingerprint density at radius 3 is 2.66 bits per heavy atom. The van der Waals surface area contributed by atoms with E-state index in [4.69, 9.17) is 14.2 Å². The second kappa shape index (κ2) is 9.64. The van der Waals surface area contributed by atoms with Gasteiger partial charge in [0.1, 0.15) is 11.6 Å². The van der Waals surface area contributed by atoms with E-state index in [1.54, 1.807) is 12.0 Å². The van der Waals surface area contributed by atoms with Gasteiger partial charge in [0, 0.05) is 32.0 Å². The van der Waals surface area contributed by atoms with Crippen LogP contribution in [0.3, 0.4) is 0 Å².